The highest BCUT2D eigenvalue weighted by molar-refractivity contribution is 6.85. The Kier molecular flexibility index (Phi) is 7.73. The second-order valence-corrected chi connectivity index (χ2v) is 13.7. The zero-order valence-electron chi connectivity index (χ0n) is 14.7. The molecule has 0 aromatic heterocycles. The zero-order chi connectivity index (χ0) is 17.6. The lowest BCUT2D eigenvalue weighted by molar-refractivity contribution is 0.0839. The largest absolute Gasteiger partial charge is 0.529 e. The summed E-state index contributed by atoms with van der Waals surface area (Å²) in [6.45, 7) is 3.53. The Morgan fingerprint density at radius 3 is 1.48 bits per heavy atom. The van der Waals surface area contributed by atoms with Crippen molar-refractivity contribution in [1.29, 1.82) is 0 Å². The van der Waals surface area contributed by atoms with Crippen molar-refractivity contribution in [1.82, 2.24) is 0 Å². The molecule has 0 heterocycles. The molecular weight excluding hydrogens is 352 g/mol. The van der Waals surface area contributed by atoms with E-state index >= 15 is 0 Å². The van der Waals surface area contributed by atoms with Crippen LogP contribution < -0.4 is 5.19 Å². The second kappa shape index (κ2) is 8.62. The molecule has 1 rings (SSSR count). The Bertz CT molecular complexity index is 468. The minimum absolute atomic E-state index is 0.822. The molecule has 1 unspecified atom stereocenters. The number of rotatable bonds is 10. The van der Waals surface area contributed by atoms with Gasteiger partial charge in [0.05, 0.1) is 0 Å². The maximum Gasteiger partial charge on any atom is 0.529 e. The zero-order valence-corrected chi connectivity index (χ0v) is 17.7. The molecule has 1 atom stereocenters. The van der Waals surface area contributed by atoms with Gasteiger partial charge in [-0.3, -0.25) is 0 Å². The number of hydrogen-bond acceptors (Lipinski definition) is 7. The van der Waals surface area contributed by atoms with Gasteiger partial charge in [0, 0.05) is 53.8 Å². The maximum absolute atomic E-state index is 6.22. The summed E-state index contributed by atoms with van der Waals surface area (Å²) in [5.74, 6) is 0. The molecule has 0 aliphatic carbocycles. The third-order valence-electron chi connectivity index (χ3n) is 3.47. The molecular formula is C13H26O7Si3. The van der Waals surface area contributed by atoms with Gasteiger partial charge in [0.1, 0.15) is 0 Å². The molecule has 0 aliphatic heterocycles. The fourth-order valence-corrected chi connectivity index (χ4v) is 11.0. The van der Waals surface area contributed by atoms with Crippen molar-refractivity contribution in [3.8, 4) is 0 Å². The van der Waals surface area contributed by atoms with Gasteiger partial charge < -0.3 is 30.4 Å². The van der Waals surface area contributed by atoms with Gasteiger partial charge in [0.15, 0.2) is 0 Å². The first-order chi connectivity index (χ1) is 10.8. The first-order valence-electron chi connectivity index (χ1n) is 7.04. The predicted octanol–water partition coefficient (Wildman–Crippen LogP) is 1.24. The monoisotopic (exact) mass is 378 g/mol. The van der Waals surface area contributed by atoms with E-state index in [2.05, 4.69) is 0 Å². The summed E-state index contributed by atoms with van der Waals surface area (Å²) in [7, 11) is -1.47. The highest BCUT2D eigenvalue weighted by atomic mass is 28.5. The van der Waals surface area contributed by atoms with Crippen LogP contribution in [0.5, 0.6) is 0 Å². The van der Waals surface area contributed by atoms with Gasteiger partial charge in [0.2, 0.25) is 0 Å². The van der Waals surface area contributed by atoms with Crippen LogP contribution in [0, 0.1) is 0 Å². The lowest BCUT2D eigenvalue weighted by Crippen LogP contribution is -2.65. The van der Waals surface area contributed by atoms with E-state index in [9.17, 15) is 0 Å². The molecule has 0 bridgehead atoms. The average Bonchev–Trinajstić information content (AvgIpc) is 2.60. The van der Waals surface area contributed by atoms with Crippen molar-refractivity contribution in [2.45, 2.75) is 13.1 Å². The van der Waals surface area contributed by atoms with Crippen molar-refractivity contribution < 1.29 is 30.4 Å². The molecule has 7 nitrogen and oxygen atoms in total. The van der Waals surface area contributed by atoms with Crippen LogP contribution in [0.25, 0.3) is 0 Å². The second-order valence-electron chi connectivity index (χ2n) is 4.87. The fourth-order valence-electron chi connectivity index (χ4n) is 1.96. The molecule has 10 heteroatoms. The predicted molar refractivity (Wildman–Crippen MR) is 92.3 cm³/mol. The van der Waals surface area contributed by atoms with E-state index in [0.29, 0.717) is 0 Å². The molecule has 0 spiro atoms. The van der Waals surface area contributed by atoms with E-state index in [-0.39, 0.29) is 0 Å². The summed E-state index contributed by atoms with van der Waals surface area (Å²) in [4.78, 5) is 0. The Balaban J connectivity index is 3.14. The molecule has 1 aromatic rings. The quantitative estimate of drug-likeness (QED) is 0.568. The molecule has 0 amide bonds. The van der Waals surface area contributed by atoms with Crippen molar-refractivity contribution >= 4 is 31.6 Å². The topological polar surface area (TPSA) is 64.6 Å². The molecule has 0 radical (unpaired) electrons. The van der Waals surface area contributed by atoms with E-state index < -0.39 is 26.4 Å². The third-order valence-corrected chi connectivity index (χ3v) is 13.3. The van der Waals surface area contributed by atoms with Gasteiger partial charge in [-0.15, -0.1) is 0 Å². The minimum Gasteiger partial charge on any atom is -0.378 e. The Morgan fingerprint density at radius 2 is 1.09 bits per heavy atom. The van der Waals surface area contributed by atoms with Crippen LogP contribution in [0.2, 0.25) is 13.1 Å². The highest BCUT2D eigenvalue weighted by Crippen LogP contribution is 2.22. The lowest BCUT2D eigenvalue weighted by atomic mass is 10.4. The SMILES string of the molecule is CO[Si](C)(OC)O[Si](C)(OC)O[Si](OC)(OC)c1ccccc1. The van der Waals surface area contributed by atoms with Crippen LogP contribution >= 0.6 is 0 Å². The molecule has 0 fully saturated rings. The summed E-state index contributed by atoms with van der Waals surface area (Å²) in [5, 5.41) is 0.822. The molecule has 132 valence electrons. The van der Waals surface area contributed by atoms with Crippen molar-refractivity contribution in [2.75, 3.05) is 35.5 Å². The summed E-state index contributed by atoms with van der Waals surface area (Å²) < 4.78 is 39.9. The van der Waals surface area contributed by atoms with Crippen LogP contribution in [0.4, 0.5) is 0 Å². The van der Waals surface area contributed by atoms with E-state index in [1.807, 2.05) is 30.3 Å². The van der Waals surface area contributed by atoms with Gasteiger partial charge in [-0.1, -0.05) is 30.3 Å². The first-order valence-corrected chi connectivity index (χ1v) is 13.2. The van der Waals surface area contributed by atoms with E-state index in [1.165, 1.54) is 21.3 Å². The van der Waals surface area contributed by atoms with Crippen molar-refractivity contribution in [2.24, 2.45) is 0 Å². The molecule has 0 saturated carbocycles. The lowest BCUT2D eigenvalue weighted by Gasteiger charge is -2.37. The molecule has 0 aliphatic rings. The third kappa shape index (κ3) is 5.03. The standard InChI is InChI=1S/C13H26O7Si3/c1-14-21(6,15-2)19-22(7,16-3)20-23(17-4,18-5)13-11-9-8-10-12-13/h8-12H,1-7H3. The van der Waals surface area contributed by atoms with Crippen LogP contribution in [0.1, 0.15) is 0 Å². The summed E-state index contributed by atoms with van der Waals surface area (Å²) in [6.07, 6.45) is 0. The van der Waals surface area contributed by atoms with Crippen LogP contribution in [0.15, 0.2) is 30.3 Å². The maximum atomic E-state index is 6.22. The average molecular weight is 379 g/mol. The fraction of sp³-hybridized carbons (Fsp3) is 0.538. The molecule has 0 N–H and O–H groups in total. The Morgan fingerprint density at radius 1 is 0.609 bits per heavy atom. The molecule has 0 saturated heterocycles. The number of hydrogen-bond donors (Lipinski definition) is 0. The van der Waals surface area contributed by atoms with Gasteiger partial charge in [-0.25, -0.2) is 0 Å². The van der Waals surface area contributed by atoms with Gasteiger partial charge in [0.25, 0.3) is 0 Å². The van der Waals surface area contributed by atoms with Gasteiger partial charge in [-0.05, 0) is 0 Å². The van der Waals surface area contributed by atoms with E-state index in [0.717, 1.165) is 5.19 Å². The highest BCUT2D eigenvalue weighted by Gasteiger charge is 2.55. The minimum atomic E-state index is -3.18. The van der Waals surface area contributed by atoms with Crippen LogP contribution in [-0.4, -0.2) is 62.0 Å². The van der Waals surface area contributed by atoms with E-state index in [4.69, 9.17) is 30.4 Å². The van der Waals surface area contributed by atoms with Crippen molar-refractivity contribution in [3.05, 3.63) is 30.3 Å². The van der Waals surface area contributed by atoms with Crippen LogP contribution in [-0.2, 0) is 30.4 Å². The van der Waals surface area contributed by atoms with Crippen LogP contribution in [0.3, 0.4) is 0 Å². The van der Waals surface area contributed by atoms with Gasteiger partial charge >= 0.3 is 26.4 Å². The molecule has 23 heavy (non-hydrogen) atoms. The molecule has 1 aromatic carbocycles. The Hall–Kier alpha value is -0.409. The van der Waals surface area contributed by atoms with Crippen molar-refractivity contribution in [3.63, 3.8) is 0 Å². The summed E-state index contributed by atoms with van der Waals surface area (Å²) in [5.41, 5.74) is 0. The van der Waals surface area contributed by atoms with Gasteiger partial charge in [-0.2, -0.15) is 0 Å². The number of benzene rings is 1. The summed E-state index contributed by atoms with van der Waals surface area (Å²) in [6, 6.07) is 9.50. The smallest absolute Gasteiger partial charge is 0.378 e. The van der Waals surface area contributed by atoms with E-state index in [1.54, 1.807) is 27.3 Å². The summed E-state index contributed by atoms with van der Waals surface area (Å²) >= 11 is 0. The normalized spacial score (nSPS) is 15.4. The Labute approximate surface area is 141 Å². The first kappa shape index (κ1) is 20.6.